The molecule has 0 radical (unpaired) electrons. The maximum Gasteiger partial charge on any atom is 0.226 e. The highest BCUT2D eigenvalue weighted by Crippen LogP contribution is 2.27. The maximum atomic E-state index is 12.3. The molecule has 0 aliphatic heterocycles. The number of hydrogen-bond donors (Lipinski definition) is 1. The third kappa shape index (κ3) is 5.41. The minimum Gasteiger partial charge on any atom is -0.494 e. The van der Waals surface area contributed by atoms with Gasteiger partial charge in [0.15, 0.2) is 5.13 Å². The van der Waals surface area contributed by atoms with Crippen molar-refractivity contribution < 1.29 is 9.53 Å². The van der Waals surface area contributed by atoms with Crippen molar-refractivity contribution in [2.24, 2.45) is 0 Å². The summed E-state index contributed by atoms with van der Waals surface area (Å²) < 4.78 is 5.60. The average Bonchev–Trinajstić information content (AvgIpc) is 3.15. The molecule has 5 heteroatoms. The SMILES string of the molecule is CCCOc1ccc(-c2csc(NC(=O)C[C@@H](C)c3ccccc3)n2)cc1. The lowest BCUT2D eigenvalue weighted by Gasteiger charge is -2.10. The molecule has 0 saturated heterocycles. The first-order valence-corrected chi connectivity index (χ1v) is 10.1. The summed E-state index contributed by atoms with van der Waals surface area (Å²) in [5.74, 6) is 1.01. The van der Waals surface area contributed by atoms with E-state index in [2.05, 4.69) is 24.1 Å². The number of aromatic nitrogens is 1. The number of benzene rings is 2. The molecule has 3 aromatic rings. The molecule has 0 aliphatic carbocycles. The molecule has 0 saturated carbocycles. The van der Waals surface area contributed by atoms with E-state index in [1.54, 1.807) is 0 Å². The molecule has 4 nitrogen and oxygen atoms in total. The van der Waals surface area contributed by atoms with Gasteiger partial charge in [0.1, 0.15) is 5.75 Å². The zero-order chi connectivity index (χ0) is 19.1. The quantitative estimate of drug-likeness (QED) is 0.543. The summed E-state index contributed by atoms with van der Waals surface area (Å²) in [5, 5.41) is 5.50. The summed E-state index contributed by atoms with van der Waals surface area (Å²) in [5.41, 5.74) is 3.03. The second-order valence-electron chi connectivity index (χ2n) is 6.47. The van der Waals surface area contributed by atoms with E-state index < -0.39 is 0 Å². The van der Waals surface area contributed by atoms with Crippen molar-refractivity contribution in [3.05, 3.63) is 65.5 Å². The molecule has 0 unspecified atom stereocenters. The van der Waals surface area contributed by atoms with E-state index in [9.17, 15) is 4.79 Å². The number of thiazole rings is 1. The first-order valence-electron chi connectivity index (χ1n) is 9.19. The lowest BCUT2D eigenvalue weighted by molar-refractivity contribution is -0.116. The van der Waals surface area contributed by atoms with E-state index in [4.69, 9.17) is 4.74 Å². The molecule has 1 atom stereocenters. The van der Waals surface area contributed by atoms with Crippen LogP contribution in [0.2, 0.25) is 0 Å². The van der Waals surface area contributed by atoms with Crippen LogP contribution in [-0.2, 0) is 4.79 Å². The third-order valence-corrected chi connectivity index (χ3v) is 4.99. The fraction of sp³-hybridized carbons (Fsp3) is 0.273. The minimum absolute atomic E-state index is 0.0180. The highest BCUT2D eigenvalue weighted by molar-refractivity contribution is 7.14. The fourth-order valence-electron chi connectivity index (χ4n) is 2.75. The monoisotopic (exact) mass is 380 g/mol. The number of hydrogen-bond acceptors (Lipinski definition) is 4. The Hall–Kier alpha value is -2.66. The number of nitrogens with zero attached hydrogens (tertiary/aromatic N) is 1. The predicted octanol–water partition coefficient (Wildman–Crippen LogP) is 5.73. The molecule has 1 N–H and O–H groups in total. The van der Waals surface area contributed by atoms with Gasteiger partial charge in [-0.1, -0.05) is 44.2 Å². The van der Waals surface area contributed by atoms with Crippen LogP contribution in [0.5, 0.6) is 5.75 Å². The van der Waals surface area contributed by atoms with Gasteiger partial charge in [-0.25, -0.2) is 4.98 Å². The van der Waals surface area contributed by atoms with Crippen LogP contribution in [0, 0.1) is 0 Å². The van der Waals surface area contributed by atoms with Crippen molar-refractivity contribution in [3.63, 3.8) is 0 Å². The van der Waals surface area contributed by atoms with Crippen LogP contribution >= 0.6 is 11.3 Å². The van der Waals surface area contributed by atoms with E-state index in [0.29, 0.717) is 18.2 Å². The topological polar surface area (TPSA) is 51.2 Å². The van der Waals surface area contributed by atoms with Crippen molar-refractivity contribution in [2.75, 3.05) is 11.9 Å². The average molecular weight is 381 g/mol. The van der Waals surface area contributed by atoms with Gasteiger partial charge in [0.2, 0.25) is 5.91 Å². The van der Waals surface area contributed by atoms with E-state index >= 15 is 0 Å². The molecular weight excluding hydrogens is 356 g/mol. The van der Waals surface area contributed by atoms with Gasteiger partial charge in [-0.05, 0) is 42.2 Å². The normalized spacial score (nSPS) is 11.8. The first-order chi connectivity index (χ1) is 13.2. The molecule has 1 aromatic heterocycles. The van der Waals surface area contributed by atoms with Crippen LogP contribution in [0.4, 0.5) is 5.13 Å². The predicted molar refractivity (Wildman–Crippen MR) is 111 cm³/mol. The Labute approximate surface area is 164 Å². The smallest absolute Gasteiger partial charge is 0.226 e. The molecule has 0 bridgehead atoms. The van der Waals surface area contributed by atoms with Crippen molar-refractivity contribution in [1.82, 2.24) is 4.98 Å². The molecule has 0 aliphatic rings. The lowest BCUT2D eigenvalue weighted by atomic mass is 9.98. The lowest BCUT2D eigenvalue weighted by Crippen LogP contribution is -2.14. The Bertz CT molecular complexity index is 860. The zero-order valence-corrected chi connectivity index (χ0v) is 16.5. The summed E-state index contributed by atoms with van der Waals surface area (Å²) in [7, 11) is 0. The second-order valence-corrected chi connectivity index (χ2v) is 7.33. The maximum absolute atomic E-state index is 12.3. The summed E-state index contributed by atoms with van der Waals surface area (Å²) in [6, 6.07) is 17.9. The van der Waals surface area contributed by atoms with Gasteiger partial charge in [0.25, 0.3) is 0 Å². The van der Waals surface area contributed by atoms with Crippen molar-refractivity contribution in [2.45, 2.75) is 32.6 Å². The molecule has 1 amide bonds. The Morgan fingerprint density at radius 3 is 2.59 bits per heavy atom. The van der Waals surface area contributed by atoms with Gasteiger partial charge in [-0.15, -0.1) is 11.3 Å². The van der Waals surface area contributed by atoms with Crippen LogP contribution < -0.4 is 10.1 Å². The summed E-state index contributed by atoms with van der Waals surface area (Å²) >= 11 is 1.44. The van der Waals surface area contributed by atoms with Crippen molar-refractivity contribution >= 4 is 22.4 Å². The Balaban J connectivity index is 1.58. The van der Waals surface area contributed by atoms with Gasteiger partial charge in [-0.2, -0.15) is 0 Å². The van der Waals surface area contributed by atoms with Crippen LogP contribution in [0.3, 0.4) is 0 Å². The van der Waals surface area contributed by atoms with E-state index in [1.165, 1.54) is 11.3 Å². The fourth-order valence-corrected chi connectivity index (χ4v) is 3.49. The van der Waals surface area contributed by atoms with Crippen molar-refractivity contribution in [1.29, 1.82) is 0 Å². The van der Waals surface area contributed by atoms with Gasteiger partial charge in [-0.3, -0.25) is 4.79 Å². The number of amides is 1. The third-order valence-electron chi connectivity index (χ3n) is 4.23. The number of anilines is 1. The molecule has 140 valence electrons. The Kier molecular flexibility index (Phi) is 6.60. The standard InChI is InChI=1S/C22H24N2O2S/c1-3-13-26-19-11-9-18(10-12-19)20-15-27-22(23-20)24-21(25)14-16(2)17-7-5-4-6-8-17/h4-12,15-16H,3,13-14H2,1-2H3,(H,23,24,25)/t16-/m1/s1. The first kappa shape index (κ1) is 19.1. The zero-order valence-electron chi connectivity index (χ0n) is 15.6. The van der Waals surface area contributed by atoms with E-state index in [1.807, 2.05) is 60.0 Å². The van der Waals surface area contributed by atoms with E-state index in [0.717, 1.165) is 29.0 Å². The Morgan fingerprint density at radius 2 is 1.89 bits per heavy atom. The number of carbonyl (C=O) groups is 1. The molecule has 3 rings (SSSR count). The van der Waals surface area contributed by atoms with Crippen LogP contribution in [0.25, 0.3) is 11.3 Å². The number of rotatable bonds is 8. The summed E-state index contributed by atoms with van der Waals surface area (Å²) in [6.45, 7) is 4.86. The van der Waals surface area contributed by atoms with E-state index in [-0.39, 0.29) is 11.8 Å². The van der Waals surface area contributed by atoms with Crippen LogP contribution in [0.15, 0.2) is 60.0 Å². The highest BCUT2D eigenvalue weighted by Gasteiger charge is 2.13. The molecule has 0 spiro atoms. The second kappa shape index (κ2) is 9.33. The molecule has 27 heavy (non-hydrogen) atoms. The summed E-state index contributed by atoms with van der Waals surface area (Å²) in [6.07, 6.45) is 1.42. The molecular formula is C22H24N2O2S. The molecule has 1 heterocycles. The van der Waals surface area contributed by atoms with Gasteiger partial charge < -0.3 is 10.1 Å². The van der Waals surface area contributed by atoms with Gasteiger partial charge >= 0.3 is 0 Å². The number of carbonyl (C=O) groups excluding carboxylic acids is 1. The molecule has 0 fully saturated rings. The van der Waals surface area contributed by atoms with Gasteiger partial charge in [0.05, 0.1) is 12.3 Å². The summed E-state index contributed by atoms with van der Waals surface area (Å²) in [4.78, 5) is 16.9. The molecule has 2 aromatic carbocycles. The number of nitrogens with one attached hydrogen (secondary N) is 1. The Morgan fingerprint density at radius 1 is 1.15 bits per heavy atom. The van der Waals surface area contributed by atoms with Crippen LogP contribution in [0.1, 0.15) is 38.2 Å². The van der Waals surface area contributed by atoms with Crippen molar-refractivity contribution in [3.8, 4) is 17.0 Å². The van der Waals surface area contributed by atoms with Crippen LogP contribution in [-0.4, -0.2) is 17.5 Å². The highest BCUT2D eigenvalue weighted by atomic mass is 32.1. The largest absolute Gasteiger partial charge is 0.494 e. The number of ether oxygens (including phenoxy) is 1. The van der Waals surface area contributed by atoms with Gasteiger partial charge in [0, 0.05) is 17.4 Å². The minimum atomic E-state index is -0.0180.